The molecule has 0 bridgehead atoms. The van der Waals surface area contributed by atoms with Gasteiger partial charge in [-0.25, -0.2) is 0 Å². The van der Waals surface area contributed by atoms with Gasteiger partial charge in [0.15, 0.2) is 0 Å². The number of hydrogen-bond donors (Lipinski definition) is 0. The lowest BCUT2D eigenvalue weighted by Crippen LogP contribution is -2.20. The summed E-state index contributed by atoms with van der Waals surface area (Å²) in [6.07, 6.45) is 3.24. The second-order valence-electron chi connectivity index (χ2n) is 2.28. The van der Waals surface area contributed by atoms with Crippen molar-refractivity contribution in [2.75, 3.05) is 0 Å². The summed E-state index contributed by atoms with van der Waals surface area (Å²) in [4.78, 5) is 11.3. The molecule has 1 aromatic rings. The number of allylic oxidation sites excluding steroid dienone is 1. The number of nitriles is 1. The number of nitrogens with zero attached hydrogens (tertiary/aromatic N) is 2. The maximum atomic E-state index is 11.3. The van der Waals surface area contributed by atoms with Crippen LogP contribution in [0.3, 0.4) is 0 Å². The number of rotatable bonds is 2. The maximum absolute atomic E-state index is 11.3. The third-order valence-corrected chi connectivity index (χ3v) is 1.47. The normalized spacial score (nSPS) is 8.92. The zero-order valence-electron chi connectivity index (χ0n) is 6.53. The second kappa shape index (κ2) is 3.54. The Hall–Kier alpha value is -1.82. The monoisotopic (exact) mass is 160 g/mol. The van der Waals surface area contributed by atoms with Crippen molar-refractivity contribution in [1.29, 1.82) is 5.26 Å². The van der Waals surface area contributed by atoms with Crippen molar-refractivity contribution in [3.05, 3.63) is 46.9 Å². The highest BCUT2D eigenvalue weighted by molar-refractivity contribution is 5.25. The summed E-state index contributed by atoms with van der Waals surface area (Å²) in [5.41, 5.74) is -0.0979. The molecule has 0 amide bonds. The topological polar surface area (TPSA) is 45.8 Å². The van der Waals surface area contributed by atoms with Gasteiger partial charge in [-0.15, -0.1) is 6.58 Å². The molecule has 1 aromatic heterocycles. The van der Waals surface area contributed by atoms with Crippen molar-refractivity contribution in [1.82, 2.24) is 4.57 Å². The standard InChI is InChI=1S/C9H8N2O/c1-2-5-11-6-3-4-8(7-10)9(11)12/h2-4,6H,1,5H2. The Morgan fingerprint density at radius 1 is 1.75 bits per heavy atom. The van der Waals surface area contributed by atoms with Crippen molar-refractivity contribution in [3.8, 4) is 6.07 Å². The van der Waals surface area contributed by atoms with E-state index in [1.165, 1.54) is 10.6 Å². The van der Waals surface area contributed by atoms with Gasteiger partial charge in [-0.05, 0) is 12.1 Å². The summed E-state index contributed by atoms with van der Waals surface area (Å²) in [6.45, 7) is 3.95. The Labute approximate surface area is 70.2 Å². The number of pyridine rings is 1. The first-order valence-electron chi connectivity index (χ1n) is 3.50. The third kappa shape index (κ3) is 1.43. The summed E-state index contributed by atoms with van der Waals surface area (Å²) < 4.78 is 1.44. The van der Waals surface area contributed by atoms with Crippen molar-refractivity contribution in [2.45, 2.75) is 6.54 Å². The summed E-state index contributed by atoms with van der Waals surface area (Å²) >= 11 is 0. The molecule has 0 aliphatic rings. The van der Waals surface area contributed by atoms with Gasteiger partial charge in [-0.1, -0.05) is 6.08 Å². The maximum Gasteiger partial charge on any atom is 0.268 e. The quantitative estimate of drug-likeness (QED) is 0.603. The Bertz CT molecular complexity index is 384. The minimum atomic E-state index is -0.264. The van der Waals surface area contributed by atoms with Crippen LogP contribution in [-0.2, 0) is 6.54 Å². The summed E-state index contributed by atoms with van der Waals surface area (Å²) in [5, 5.41) is 8.52. The van der Waals surface area contributed by atoms with E-state index in [2.05, 4.69) is 6.58 Å². The molecule has 0 N–H and O–H groups in total. The fourth-order valence-electron chi connectivity index (χ4n) is 0.905. The average molecular weight is 160 g/mol. The predicted molar refractivity (Wildman–Crippen MR) is 45.6 cm³/mol. The van der Waals surface area contributed by atoms with E-state index in [4.69, 9.17) is 5.26 Å². The van der Waals surface area contributed by atoms with E-state index in [1.807, 2.05) is 6.07 Å². The predicted octanol–water partition coefficient (Wildman–Crippen LogP) is 0.906. The van der Waals surface area contributed by atoms with Gasteiger partial charge < -0.3 is 4.57 Å². The fraction of sp³-hybridized carbons (Fsp3) is 0.111. The molecule has 0 atom stereocenters. The van der Waals surface area contributed by atoms with Crippen LogP contribution in [0.2, 0.25) is 0 Å². The van der Waals surface area contributed by atoms with Crippen molar-refractivity contribution < 1.29 is 0 Å². The Kier molecular flexibility index (Phi) is 2.44. The molecule has 1 heterocycles. The first-order chi connectivity index (χ1) is 5.79. The molecule has 0 aliphatic carbocycles. The van der Waals surface area contributed by atoms with E-state index < -0.39 is 0 Å². The van der Waals surface area contributed by atoms with E-state index in [9.17, 15) is 4.79 Å². The van der Waals surface area contributed by atoms with Crippen LogP contribution in [0.4, 0.5) is 0 Å². The number of hydrogen-bond acceptors (Lipinski definition) is 2. The molecule has 0 fully saturated rings. The van der Waals surface area contributed by atoms with Crippen LogP contribution in [0, 0.1) is 11.3 Å². The van der Waals surface area contributed by atoms with Crippen molar-refractivity contribution in [2.24, 2.45) is 0 Å². The molecule has 0 unspecified atom stereocenters. The smallest absolute Gasteiger partial charge is 0.268 e. The fourth-order valence-corrected chi connectivity index (χ4v) is 0.905. The van der Waals surface area contributed by atoms with Crippen LogP contribution in [-0.4, -0.2) is 4.57 Å². The highest BCUT2D eigenvalue weighted by Crippen LogP contribution is 1.89. The molecule has 0 saturated heterocycles. The Morgan fingerprint density at radius 2 is 2.50 bits per heavy atom. The third-order valence-electron chi connectivity index (χ3n) is 1.47. The Balaban J connectivity index is 3.25. The highest BCUT2D eigenvalue weighted by atomic mass is 16.1. The Morgan fingerprint density at radius 3 is 3.08 bits per heavy atom. The van der Waals surface area contributed by atoms with Gasteiger partial charge in [0.05, 0.1) is 0 Å². The van der Waals surface area contributed by atoms with Gasteiger partial charge in [0, 0.05) is 12.7 Å². The lowest BCUT2D eigenvalue weighted by molar-refractivity contribution is 0.777. The summed E-state index contributed by atoms with van der Waals surface area (Å²) in [5.74, 6) is 0. The van der Waals surface area contributed by atoms with Gasteiger partial charge >= 0.3 is 0 Å². The van der Waals surface area contributed by atoms with Gasteiger partial charge in [0.2, 0.25) is 0 Å². The first-order valence-corrected chi connectivity index (χ1v) is 3.50. The lowest BCUT2D eigenvalue weighted by atomic mass is 10.3. The molecular weight excluding hydrogens is 152 g/mol. The highest BCUT2D eigenvalue weighted by Gasteiger charge is 1.98. The molecule has 3 nitrogen and oxygen atoms in total. The average Bonchev–Trinajstić information content (AvgIpc) is 2.09. The van der Waals surface area contributed by atoms with Crippen LogP contribution in [0.1, 0.15) is 5.56 Å². The molecule has 1 rings (SSSR count). The molecule has 0 aliphatic heterocycles. The molecular formula is C9H8N2O. The molecule has 12 heavy (non-hydrogen) atoms. The van der Waals surface area contributed by atoms with Gasteiger partial charge in [-0.2, -0.15) is 5.26 Å². The van der Waals surface area contributed by atoms with Crippen LogP contribution in [0.15, 0.2) is 35.8 Å². The molecule has 0 aromatic carbocycles. The van der Waals surface area contributed by atoms with Crippen molar-refractivity contribution >= 4 is 0 Å². The van der Waals surface area contributed by atoms with E-state index in [-0.39, 0.29) is 11.1 Å². The minimum absolute atomic E-state index is 0.166. The van der Waals surface area contributed by atoms with Crippen LogP contribution in [0.25, 0.3) is 0 Å². The van der Waals surface area contributed by atoms with E-state index in [0.717, 1.165) is 0 Å². The van der Waals surface area contributed by atoms with Crippen LogP contribution in [0.5, 0.6) is 0 Å². The molecule has 0 spiro atoms. The van der Waals surface area contributed by atoms with Gasteiger partial charge in [0.1, 0.15) is 11.6 Å². The first kappa shape index (κ1) is 8.28. The van der Waals surface area contributed by atoms with E-state index >= 15 is 0 Å². The minimum Gasteiger partial charge on any atom is -0.311 e. The van der Waals surface area contributed by atoms with E-state index in [1.54, 1.807) is 18.3 Å². The summed E-state index contributed by atoms with van der Waals surface area (Å²) in [7, 11) is 0. The van der Waals surface area contributed by atoms with Crippen LogP contribution >= 0.6 is 0 Å². The van der Waals surface area contributed by atoms with Gasteiger partial charge in [-0.3, -0.25) is 4.79 Å². The van der Waals surface area contributed by atoms with E-state index in [0.29, 0.717) is 6.54 Å². The van der Waals surface area contributed by atoms with Crippen molar-refractivity contribution in [3.63, 3.8) is 0 Å². The largest absolute Gasteiger partial charge is 0.311 e. The molecule has 0 saturated carbocycles. The zero-order chi connectivity index (χ0) is 8.97. The van der Waals surface area contributed by atoms with Crippen LogP contribution < -0.4 is 5.56 Å². The molecule has 60 valence electrons. The zero-order valence-corrected chi connectivity index (χ0v) is 6.53. The van der Waals surface area contributed by atoms with Gasteiger partial charge in [0.25, 0.3) is 5.56 Å². The summed E-state index contributed by atoms with van der Waals surface area (Å²) in [6, 6.07) is 5.00. The molecule has 0 radical (unpaired) electrons. The molecule has 3 heteroatoms. The lowest BCUT2D eigenvalue weighted by Gasteiger charge is -1.99. The number of aromatic nitrogens is 1. The SMILES string of the molecule is C=CCn1cccc(C#N)c1=O. The second-order valence-corrected chi connectivity index (χ2v) is 2.28.